The summed E-state index contributed by atoms with van der Waals surface area (Å²) in [4.78, 5) is 18.8. The number of nitrogens with one attached hydrogen (secondary N) is 1. The van der Waals surface area contributed by atoms with Crippen LogP contribution in [0.1, 0.15) is 19.4 Å². The fraction of sp³-hybridized carbons (Fsp3) is 0.286. The molecule has 0 spiro atoms. The number of fused-ring (bicyclic) bond motifs is 1. The first-order valence-corrected chi connectivity index (χ1v) is 10.5. The van der Waals surface area contributed by atoms with E-state index < -0.39 is 0 Å². The molecule has 1 aromatic heterocycles. The first kappa shape index (κ1) is 20.7. The fourth-order valence-corrected chi connectivity index (χ4v) is 3.80. The molecule has 0 unspecified atom stereocenters. The Balaban J connectivity index is 1.56. The van der Waals surface area contributed by atoms with Gasteiger partial charge >= 0.3 is 0 Å². The number of benzene rings is 2. The summed E-state index contributed by atoms with van der Waals surface area (Å²) in [6.07, 6.45) is 1.44. The van der Waals surface area contributed by atoms with E-state index in [1.807, 2.05) is 41.9 Å². The number of aryl methyl sites for hydroxylation is 1. The molecule has 0 aliphatic carbocycles. The number of aromatic hydroxyl groups is 1. The van der Waals surface area contributed by atoms with Crippen molar-refractivity contribution in [1.29, 1.82) is 0 Å². The van der Waals surface area contributed by atoms with Crippen molar-refractivity contribution in [2.24, 2.45) is 12.1 Å². The number of hydrazone groups is 1. The van der Waals surface area contributed by atoms with Crippen LogP contribution in [0.25, 0.3) is 11.0 Å². The van der Waals surface area contributed by atoms with E-state index in [4.69, 9.17) is 0 Å². The molecule has 2 N–H and O–H groups in total. The van der Waals surface area contributed by atoms with Crippen LogP contribution in [0.5, 0.6) is 5.75 Å². The maximum atomic E-state index is 12.1. The van der Waals surface area contributed by atoms with Gasteiger partial charge in [-0.1, -0.05) is 23.9 Å². The number of amides is 1. The van der Waals surface area contributed by atoms with Crippen molar-refractivity contribution in [3.05, 3.63) is 48.0 Å². The molecule has 8 heteroatoms. The lowest BCUT2D eigenvalue weighted by Crippen LogP contribution is -2.21. The largest absolute Gasteiger partial charge is 0.507 e. The molecule has 3 aromatic rings. The number of phenolic OH excluding ortho intramolecular Hbond substituents is 1. The van der Waals surface area contributed by atoms with Crippen molar-refractivity contribution >= 4 is 40.6 Å². The van der Waals surface area contributed by atoms with Gasteiger partial charge in [0.25, 0.3) is 5.91 Å². The lowest BCUT2D eigenvalue weighted by molar-refractivity contribution is -0.118. The van der Waals surface area contributed by atoms with Gasteiger partial charge in [-0.25, -0.2) is 10.4 Å². The van der Waals surface area contributed by atoms with Crippen molar-refractivity contribution in [2.45, 2.75) is 19.0 Å². The van der Waals surface area contributed by atoms with E-state index in [-0.39, 0.29) is 17.4 Å². The topological polar surface area (TPSA) is 82.8 Å². The van der Waals surface area contributed by atoms with Crippen LogP contribution < -0.4 is 10.3 Å². The average Bonchev–Trinajstić information content (AvgIpc) is 3.05. The second-order valence-corrected chi connectivity index (χ2v) is 7.38. The number of carbonyl (C=O) groups excluding carboxylic acids is 1. The molecule has 0 saturated carbocycles. The number of rotatable bonds is 8. The number of aromatic nitrogens is 2. The Hall–Kier alpha value is -3.00. The Kier molecular flexibility index (Phi) is 6.77. The molecule has 0 saturated heterocycles. The number of hydrogen-bond acceptors (Lipinski definition) is 6. The number of phenols is 1. The van der Waals surface area contributed by atoms with Crippen molar-refractivity contribution in [2.75, 3.05) is 23.7 Å². The van der Waals surface area contributed by atoms with Crippen LogP contribution in [0.2, 0.25) is 0 Å². The van der Waals surface area contributed by atoms with Crippen molar-refractivity contribution in [3.8, 4) is 5.75 Å². The number of thioether (sulfide) groups is 1. The van der Waals surface area contributed by atoms with E-state index in [0.717, 1.165) is 35.0 Å². The van der Waals surface area contributed by atoms with E-state index in [2.05, 4.69) is 34.3 Å². The van der Waals surface area contributed by atoms with Crippen LogP contribution in [-0.2, 0) is 11.8 Å². The normalized spacial score (nSPS) is 11.3. The lowest BCUT2D eigenvalue weighted by Gasteiger charge is -2.21. The molecule has 0 fully saturated rings. The Labute approximate surface area is 174 Å². The van der Waals surface area contributed by atoms with Crippen LogP contribution in [-0.4, -0.2) is 45.6 Å². The van der Waals surface area contributed by atoms with E-state index >= 15 is 0 Å². The minimum absolute atomic E-state index is 0.126. The number of anilines is 1. The van der Waals surface area contributed by atoms with Gasteiger partial charge in [0, 0.05) is 37.5 Å². The molecule has 2 aromatic carbocycles. The summed E-state index contributed by atoms with van der Waals surface area (Å²) in [5.41, 5.74) is 5.92. The number of carbonyl (C=O) groups is 1. The predicted octanol–water partition coefficient (Wildman–Crippen LogP) is 3.37. The molecule has 1 amide bonds. The molecule has 0 atom stereocenters. The van der Waals surface area contributed by atoms with Crippen LogP contribution in [0, 0.1) is 0 Å². The van der Waals surface area contributed by atoms with Crippen LogP contribution >= 0.6 is 11.8 Å². The molecule has 29 heavy (non-hydrogen) atoms. The highest BCUT2D eigenvalue weighted by molar-refractivity contribution is 7.99. The van der Waals surface area contributed by atoms with Crippen molar-refractivity contribution in [1.82, 2.24) is 15.0 Å². The minimum Gasteiger partial charge on any atom is -0.507 e. The first-order valence-electron chi connectivity index (χ1n) is 9.47. The van der Waals surface area contributed by atoms with E-state index in [9.17, 15) is 9.90 Å². The SMILES string of the molecule is CCN(CC)c1ccc(C=NNC(=O)CSc2nc3ccccc3n2C)c(O)c1. The van der Waals surface area contributed by atoms with Gasteiger partial charge in [0.15, 0.2) is 5.16 Å². The van der Waals surface area contributed by atoms with Gasteiger partial charge < -0.3 is 14.6 Å². The van der Waals surface area contributed by atoms with Gasteiger partial charge in [0.2, 0.25) is 0 Å². The smallest absolute Gasteiger partial charge is 0.250 e. The molecule has 3 rings (SSSR count). The molecule has 0 aliphatic heterocycles. The predicted molar refractivity (Wildman–Crippen MR) is 119 cm³/mol. The maximum absolute atomic E-state index is 12.1. The molecule has 152 valence electrons. The molecule has 7 nitrogen and oxygen atoms in total. The quantitative estimate of drug-likeness (QED) is 0.337. The Morgan fingerprint density at radius 1 is 1.28 bits per heavy atom. The number of nitrogens with zero attached hydrogens (tertiary/aromatic N) is 4. The van der Waals surface area contributed by atoms with E-state index in [1.54, 1.807) is 12.1 Å². The summed E-state index contributed by atoms with van der Waals surface area (Å²) >= 11 is 1.35. The van der Waals surface area contributed by atoms with Crippen LogP contribution in [0.4, 0.5) is 5.69 Å². The third-order valence-corrected chi connectivity index (χ3v) is 5.64. The number of hydrogen-bond donors (Lipinski definition) is 2. The fourth-order valence-electron chi connectivity index (χ4n) is 3.02. The molecule has 0 bridgehead atoms. The summed E-state index contributed by atoms with van der Waals surface area (Å²) < 4.78 is 1.96. The molecule has 0 aliphatic rings. The van der Waals surface area contributed by atoms with Crippen molar-refractivity contribution < 1.29 is 9.90 Å². The average molecular weight is 412 g/mol. The summed E-state index contributed by atoms with van der Waals surface area (Å²) in [7, 11) is 1.93. The second kappa shape index (κ2) is 9.47. The van der Waals surface area contributed by atoms with Gasteiger partial charge in [0.05, 0.1) is 23.0 Å². The van der Waals surface area contributed by atoms with Crippen molar-refractivity contribution in [3.63, 3.8) is 0 Å². The zero-order chi connectivity index (χ0) is 20.8. The highest BCUT2D eigenvalue weighted by Crippen LogP contribution is 2.24. The third kappa shape index (κ3) is 4.89. The summed E-state index contributed by atoms with van der Waals surface area (Å²) in [5.74, 6) is 0.0838. The van der Waals surface area contributed by atoms with Crippen LogP contribution in [0.3, 0.4) is 0 Å². The van der Waals surface area contributed by atoms with E-state index in [1.165, 1.54) is 18.0 Å². The summed E-state index contributed by atoms with van der Waals surface area (Å²) in [6.45, 7) is 5.86. The van der Waals surface area contributed by atoms with Gasteiger partial charge in [-0.2, -0.15) is 5.10 Å². The maximum Gasteiger partial charge on any atom is 0.250 e. The zero-order valence-electron chi connectivity index (χ0n) is 16.8. The second-order valence-electron chi connectivity index (χ2n) is 6.44. The highest BCUT2D eigenvalue weighted by Gasteiger charge is 2.10. The molecular formula is C21H25N5O2S. The minimum atomic E-state index is -0.238. The zero-order valence-corrected chi connectivity index (χ0v) is 17.6. The Morgan fingerprint density at radius 2 is 2.03 bits per heavy atom. The van der Waals surface area contributed by atoms with E-state index in [0.29, 0.717) is 5.56 Å². The lowest BCUT2D eigenvalue weighted by atomic mass is 10.2. The van der Waals surface area contributed by atoms with Gasteiger partial charge in [0.1, 0.15) is 5.75 Å². The van der Waals surface area contributed by atoms with Gasteiger partial charge in [-0.05, 0) is 38.1 Å². The van der Waals surface area contributed by atoms with Crippen LogP contribution in [0.15, 0.2) is 52.7 Å². The molecular weight excluding hydrogens is 386 g/mol. The molecule has 1 heterocycles. The summed E-state index contributed by atoms with van der Waals surface area (Å²) in [5, 5.41) is 14.9. The summed E-state index contributed by atoms with van der Waals surface area (Å²) in [6, 6.07) is 13.3. The van der Waals surface area contributed by atoms with Gasteiger partial charge in [-0.3, -0.25) is 4.79 Å². The number of imidazole rings is 1. The number of para-hydroxylation sites is 2. The highest BCUT2D eigenvalue weighted by atomic mass is 32.2. The monoisotopic (exact) mass is 411 g/mol. The Morgan fingerprint density at radius 3 is 2.72 bits per heavy atom. The molecule has 0 radical (unpaired) electrons. The Bertz CT molecular complexity index is 1030. The third-order valence-electron chi connectivity index (χ3n) is 4.61. The van der Waals surface area contributed by atoms with Gasteiger partial charge in [-0.15, -0.1) is 0 Å². The standard InChI is InChI=1S/C21H25N5O2S/c1-4-26(5-2)16-11-10-15(19(27)12-16)13-22-24-20(28)14-29-21-23-17-8-6-7-9-18(17)25(21)3/h6-13,27H,4-5,14H2,1-3H3,(H,24,28). The first-order chi connectivity index (χ1) is 14.0.